The summed E-state index contributed by atoms with van der Waals surface area (Å²) in [5.41, 5.74) is 0.325. The Labute approximate surface area is 131 Å². The number of hydrogen-bond donors (Lipinski definition) is 1. The highest BCUT2D eigenvalue weighted by atomic mass is 79.9. The molecule has 0 atom stereocenters. The first kappa shape index (κ1) is 15.1. The molecule has 1 N–H and O–H groups in total. The van der Waals surface area contributed by atoms with Gasteiger partial charge in [-0.05, 0) is 36.8 Å². The molecular formula is C14H9Br2F2NO. The SMILES string of the molecule is Cc1cc(F)c(NC(=O)c2cc(Br)cc(Br)c2)cc1F. The summed E-state index contributed by atoms with van der Waals surface area (Å²) < 4.78 is 28.5. The van der Waals surface area contributed by atoms with Crippen molar-refractivity contribution in [1.82, 2.24) is 0 Å². The van der Waals surface area contributed by atoms with Crippen LogP contribution >= 0.6 is 31.9 Å². The average Bonchev–Trinajstić information content (AvgIpc) is 2.34. The molecule has 0 aliphatic carbocycles. The summed E-state index contributed by atoms with van der Waals surface area (Å²) in [6.45, 7) is 1.45. The molecule has 0 unspecified atom stereocenters. The second-order valence-electron chi connectivity index (χ2n) is 4.19. The van der Waals surface area contributed by atoms with Gasteiger partial charge in [0.25, 0.3) is 5.91 Å². The Bertz CT molecular complexity index is 669. The van der Waals surface area contributed by atoms with Crippen molar-refractivity contribution in [2.75, 3.05) is 5.32 Å². The minimum absolute atomic E-state index is 0.186. The maximum Gasteiger partial charge on any atom is 0.255 e. The number of anilines is 1. The summed E-state index contributed by atoms with van der Waals surface area (Å²) >= 11 is 6.52. The van der Waals surface area contributed by atoms with Crippen molar-refractivity contribution in [1.29, 1.82) is 0 Å². The molecule has 2 nitrogen and oxygen atoms in total. The maximum absolute atomic E-state index is 13.7. The lowest BCUT2D eigenvalue weighted by molar-refractivity contribution is 0.102. The van der Waals surface area contributed by atoms with Gasteiger partial charge in [0.15, 0.2) is 0 Å². The molecule has 6 heteroatoms. The second kappa shape index (κ2) is 6.01. The van der Waals surface area contributed by atoms with E-state index in [-0.39, 0.29) is 11.3 Å². The topological polar surface area (TPSA) is 29.1 Å². The van der Waals surface area contributed by atoms with Crippen LogP contribution in [0.1, 0.15) is 15.9 Å². The zero-order valence-electron chi connectivity index (χ0n) is 10.3. The highest BCUT2D eigenvalue weighted by molar-refractivity contribution is 9.11. The molecule has 0 aromatic heterocycles. The van der Waals surface area contributed by atoms with Gasteiger partial charge in [0.05, 0.1) is 5.69 Å². The predicted molar refractivity (Wildman–Crippen MR) is 80.9 cm³/mol. The quantitative estimate of drug-likeness (QED) is 0.745. The van der Waals surface area contributed by atoms with Gasteiger partial charge in [0.2, 0.25) is 0 Å². The smallest absolute Gasteiger partial charge is 0.255 e. The summed E-state index contributed by atoms with van der Waals surface area (Å²) in [5, 5.41) is 2.35. The van der Waals surface area contributed by atoms with Gasteiger partial charge in [-0.1, -0.05) is 31.9 Å². The van der Waals surface area contributed by atoms with Crippen LogP contribution in [-0.4, -0.2) is 5.91 Å². The van der Waals surface area contributed by atoms with Crippen LogP contribution in [0.5, 0.6) is 0 Å². The molecule has 0 radical (unpaired) electrons. The van der Waals surface area contributed by atoms with Crippen LogP contribution in [0.4, 0.5) is 14.5 Å². The Balaban J connectivity index is 2.30. The highest BCUT2D eigenvalue weighted by Crippen LogP contribution is 2.23. The van der Waals surface area contributed by atoms with E-state index in [4.69, 9.17) is 0 Å². The largest absolute Gasteiger partial charge is 0.319 e. The van der Waals surface area contributed by atoms with Crippen LogP contribution in [0, 0.1) is 18.6 Å². The summed E-state index contributed by atoms with van der Waals surface area (Å²) in [6.07, 6.45) is 0. The van der Waals surface area contributed by atoms with Crippen LogP contribution < -0.4 is 5.32 Å². The number of nitrogens with one attached hydrogen (secondary N) is 1. The summed E-state index contributed by atoms with van der Waals surface area (Å²) in [4.78, 5) is 12.0. The van der Waals surface area contributed by atoms with E-state index < -0.39 is 17.5 Å². The fourth-order valence-corrected chi connectivity index (χ4v) is 2.92. The Kier molecular flexibility index (Phi) is 4.55. The lowest BCUT2D eigenvalue weighted by Crippen LogP contribution is -2.13. The molecule has 0 spiro atoms. The molecule has 0 bridgehead atoms. The number of carbonyl (C=O) groups excluding carboxylic acids is 1. The minimum atomic E-state index is -0.675. The van der Waals surface area contributed by atoms with E-state index in [1.165, 1.54) is 6.92 Å². The minimum Gasteiger partial charge on any atom is -0.319 e. The molecule has 104 valence electrons. The van der Waals surface area contributed by atoms with Gasteiger partial charge in [0, 0.05) is 20.6 Å². The number of halogens is 4. The molecule has 0 heterocycles. The van der Waals surface area contributed by atoms with E-state index in [0.29, 0.717) is 14.5 Å². The number of hydrogen-bond acceptors (Lipinski definition) is 1. The fourth-order valence-electron chi connectivity index (χ4n) is 1.62. The van der Waals surface area contributed by atoms with Gasteiger partial charge in [0.1, 0.15) is 11.6 Å². The van der Waals surface area contributed by atoms with E-state index in [1.807, 2.05) is 0 Å². The first-order chi connectivity index (χ1) is 9.36. The van der Waals surface area contributed by atoms with Gasteiger partial charge in [-0.25, -0.2) is 8.78 Å². The number of rotatable bonds is 2. The first-order valence-corrected chi connectivity index (χ1v) is 7.18. The van der Waals surface area contributed by atoms with Crippen LogP contribution in [0.2, 0.25) is 0 Å². The lowest BCUT2D eigenvalue weighted by atomic mass is 10.1. The fraction of sp³-hybridized carbons (Fsp3) is 0.0714. The van der Waals surface area contributed by atoms with Gasteiger partial charge >= 0.3 is 0 Å². The summed E-state index contributed by atoms with van der Waals surface area (Å²) in [6, 6.07) is 6.95. The molecule has 2 aromatic carbocycles. The zero-order valence-corrected chi connectivity index (χ0v) is 13.5. The first-order valence-electron chi connectivity index (χ1n) is 5.60. The lowest BCUT2D eigenvalue weighted by Gasteiger charge is -2.08. The summed E-state index contributed by atoms with van der Waals surface area (Å²) in [5.74, 6) is -1.77. The van der Waals surface area contributed by atoms with Crippen molar-refractivity contribution in [3.8, 4) is 0 Å². The third-order valence-corrected chi connectivity index (χ3v) is 3.54. The molecule has 0 aliphatic rings. The Morgan fingerprint density at radius 3 is 2.20 bits per heavy atom. The third kappa shape index (κ3) is 3.43. The van der Waals surface area contributed by atoms with E-state index in [9.17, 15) is 13.6 Å². The van der Waals surface area contributed by atoms with Crippen molar-refractivity contribution < 1.29 is 13.6 Å². The number of benzene rings is 2. The Hall–Kier alpha value is -1.27. The van der Waals surface area contributed by atoms with Crippen molar-refractivity contribution in [3.05, 3.63) is 62.0 Å². The molecule has 2 aromatic rings. The molecule has 20 heavy (non-hydrogen) atoms. The van der Waals surface area contributed by atoms with E-state index in [2.05, 4.69) is 37.2 Å². The second-order valence-corrected chi connectivity index (χ2v) is 6.02. The van der Waals surface area contributed by atoms with E-state index >= 15 is 0 Å². The Morgan fingerprint density at radius 1 is 1.00 bits per heavy atom. The van der Waals surface area contributed by atoms with Crippen molar-refractivity contribution in [2.45, 2.75) is 6.92 Å². The third-order valence-electron chi connectivity index (χ3n) is 2.62. The number of amides is 1. The molecular weight excluding hydrogens is 396 g/mol. The molecule has 2 rings (SSSR count). The molecule has 1 amide bonds. The molecule has 0 saturated heterocycles. The number of carbonyl (C=O) groups is 1. The highest BCUT2D eigenvalue weighted by Gasteiger charge is 2.13. The monoisotopic (exact) mass is 403 g/mol. The van der Waals surface area contributed by atoms with Crippen molar-refractivity contribution >= 4 is 43.5 Å². The van der Waals surface area contributed by atoms with Crippen molar-refractivity contribution in [3.63, 3.8) is 0 Å². The van der Waals surface area contributed by atoms with Gasteiger partial charge in [-0.3, -0.25) is 4.79 Å². The normalized spacial score (nSPS) is 10.4. The van der Waals surface area contributed by atoms with E-state index in [0.717, 1.165) is 12.1 Å². The van der Waals surface area contributed by atoms with Gasteiger partial charge in [-0.15, -0.1) is 0 Å². The molecule has 0 fully saturated rings. The van der Waals surface area contributed by atoms with Crippen LogP contribution in [0.25, 0.3) is 0 Å². The maximum atomic E-state index is 13.7. The predicted octanol–water partition coefficient (Wildman–Crippen LogP) is 5.05. The molecule has 0 saturated carbocycles. The van der Waals surface area contributed by atoms with E-state index in [1.54, 1.807) is 18.2 Å². The Morgan fingerprint density at radius 2 is 1.60 bits per heavy atom. The van der Waals surface area contributed by atoms with Gasteiger partial charge < -0.3 is 5.32 Å². The van der Waals surface area contributed by atoms with Crippen LogP contribution in [-0.2, 0) is 0 Å². The van der Waals surface area contributed by atoms with Gasteiger partial charge in [-0.2, -0.15) is 0 Å². The standard InChI is InChI=1S/C14H9Br2F2NO/c1-7-2-12(18)13(6-11(7)17)19-14(20)8-3-9(15)5-10(16)4-8/h2-6H,1H3,(H,19,20). The van der Waals surface area contributed by atoms with Crippen LogP contribution in [0.15, 0.2) is 39.3 Å². The number of aryl methyl sites for hydroxylation is 1. The van der Waals surface area contributed by atoms with Crippen molar-refractivity contribution in [2.24, 2.45) is 0 Å². The molecule has 0 aliphatic heterocycles. The van der Waals surface area contributed by atoms with Crippen LogP contribution in [0.3, 0.4) is 0 Å². The summed E-state index contributed by atoms with van der Waals surface area (Å²) in [7, 11) is 0. The zero-order chi connectivity index (χ0) is 14.9. The average molecular weight is 405 g/mol.